The number of rotatable bonds is 9. The molecule has 1 rings (SSSR count). The molecular formula is C16H27N3O2. The average Bonchev–Trinajstić information content (AvgIpc) is 2.52. The van der Waals surface area contributed by atoms with Crippen LogP contribution in [0.4, 0.5) is 5.82 Å². The maximum atomic E-state index is 11.7. The molecule has 0 bridgehead atoms. The van der Waals surface area contributed by atoms with Gasteiger partial charge in [-0.2, -0.15) is 0 Å². The van der Waals surface area contributed by atoms with Crippen molar-refractivity contribution in [1.29, 1.82) is 0 Å². The van der Waals surface area contributed by atoms with Crippen LogP contribution in [0.3, 0.4) is 0 Å². The van der Waals surface area contributed by atoms with E-state index in [1.165, 1.54) is 0 Å². The van der Waals surface area contributed by atoms with Gasteiger partial charge in [0, 0.05) is 19.3 Å². The van der Waals surface area contributed by atoms with E-state index in [-0.39, 0.29) is 12.0 Å². The Balaban J connectivity index is 2.49. The van der Waals surface area contributed by atoms with Crippen LogP contribution >= 0.6 is 0 Å². The minimum atomic E-state index is -0.380. The molecule has 1 atom stereocenters. The van der Waals surface area contributed by atoms with Crippen LogP contribution in [0.25, 0.3) is 0 Å². The molecule has 0 aliphatic rings. The summed E-state index contributed by atoms with van der Waals surface area (Å²) in [4.78, 5) is 15.9. The van der Waals surface area contributed by atoms with Gasteiger partial charge < -0.3 is 15.7 Å². The zero-order chi connectivity index (χ0) is 15.7. The third-order valence-electron chi connectivity index (χ3n) is 3.65. The molecule has 118 valence electrons. The van der Waals surface area contributed by atoms with E-state index in [9.17, 15) is 9.90 Å². The van der Waals surface area contributed by atoms with E-state index >= 15 is 0 Å². The molecule has 0 spiro atoms. The smallest absolute Gasteiger partial charge is 0.252 e. The molecule has 0 aliphatic heterocycles. The van der Waals surface area contributed by atoms with Gasteiger partial charge in [-0.3, -0.25) is 4.79 Å². The second-order valence-electron chi connectivity index (χ2n) is 5.21. The molecule has 0 fully saturated rings. The molecule has 1 heterocycles. The second-order valence-corrected chi connectivity index (χ2v) is 5.21. The van der Waals surface area contributed by atoms with Crippen molar-refractivity contribution in [3.8, 4) is 0 Å². The van der Waals surface area contributed by atoms with Gasteiger partial charge in [0.15, 0.2) is 0 Å². The van der Waals surface area contributed by atoms with Crippen LogP contribution in [-0.2, 0) is 0 Å². The summed E-state index contributed by atoms with van der Waals surface area (Å²) in [5, 5.41) is 16.0. The van der Waals surface area contributed by atoms with E-state index in [2.05, 4.69) is 29.5 Å². The maximum Gasteiger partial charge on any atom is 0.252 e. The Labute approximate surface area is 127 Å². The summed E-state index contributed by atoms with van der Waals surface area (Å²) >= 11 is 0. The lowest BCUT2D eigenvalue weighted by molar-refractivity contribution is 0.0953. The predicted molar refractivity (Wildman–Crippen MR) is 85.4 cm³/mol. The predicted octanol–water partition coefficient (Wildman–Crippen LogP) is 2.43. The first-order chi connectivity index (χ1) is 10.1. The molecular weight excluding hydrogens is 266 g/mol. The summed E-state index contributed by atoms with van der Waals surface area (Å²) in [5.74, 6) is 0.872. The number of aromatic nitrogens is 1. The van der Waals surface area contributed by atoms with E-state index < -0.39 is 0 Å². The molecule has 1 unspecified atom stereocenters. The highest BCUT2D eigenvalue weighted by atomic mass is 16.3. The molecule has 5 nitrogen and oxygen atoms in total. The number of nitrogens with zero attached hydrogens (tertiary/aromatic N) is 1. The summed E-state index contributed by atoms with van der Waals surface area (Å²) in [5.41, 5.74) is 0.551. The monoisotopic (exact) mass is 293 g/mol. The van der Waals surface area contributed by atoms with Gasteiger partial charge in [-0.1, -0.05) is 33.6 Å². The number of nitrogens with one attached hydrogen (secondary N) is 2. The van der Waals surface area contributed by atoms with Crippen LogP contribution in [0, 0.1) is 5.92 Å². The summed E-state index contributed by atoms with van der Waals surface area (Å²) in [7, 11) is 0. The lowest BCUT2D eigenvalue weighted by Gasteiger charge is -2.20. The van der Waals surface area contributed by atoms with Gasteiger partial charge in [-0.05, 0) is 24.5 Å². The molecule has 0 radical (unpaired) electrons. The van der Waals surface area contributed by atoms with Gasteiger partial charge in [0.1, 0.15) is 5.82 Å². The van der Waals surface area contributed by atoms with Gasteiger partial charge in [0.05, 0.1) is 11.7 Å². The summed E-state index contributed by atoms with van der Waals surface area (Å²) in [6.07, 6.45) is 4.00. The largest absolute Gasteiger partial charge is 0.391 e. The van der Waals surface area contributed by atoms with Gasteiger partial charge in [-0.15, -0.1) is 0 Å². The molecule has 1 amide bonds. The zero-order valence-electron chi connectivity index (χ0n) is 13.2. The SMILES string of the molecule is CCCNC(=O)c1ccc(NCC(O)C(CC)CC)nc1. The first-order valence-corrected chi connectivity index (χ1v) is 7.78. The van der Waals surface area contributed by atoms with Crippen molar-refractivity contribution in [2.24, 2.45) is 5.92 Å². The molecule has 0 saturated heterocycles. The minimum absolute atomic E-state index is 0.104. The van der Waals surface area contributed by atoms with Crippen molar-refractivity contribution >= 4 is 11.7 Å². The Morgan fingerprint density at radius 2 is 2.00 bits per heavy atom. The van der Waals surface area contributed by atoms with E-state index in [0.717, 1.165) is 19.3 Å². The molecule has 0 aromatic carbocycles. The molecule has 5 heteroatoms. The second kappa shape index (κ2) is 9.34. The molecule has 3 N–H and O–H groups in total. The van der Waals surface area contributed by atoms with Crippen LogP contribution in [0.5, 0.6) is 0 Å². The fourth-order valence-corrected chi connectivity index (χ4v) is 2.18. The summed E-state index contributed by atoms with van der Waals surface area (Å²) in [6, 6.07) is 3.50. The van der Waals surface area contributed by atoms with Crippen LogP contribution < -0.4 is 10.6 Å². The fraction of sp³-hybridized carbons (Fsp3) is 0.625. The minimum Gasteiger partial charge on any atom is -0.391 e. The van der Waals surface area contributed by atoms with Crippen molar-refractivity contribution in [2.45, 2.75) is 46.1 Å². The Morgan fingerprint density at radius 1 is 1.29 bits per heavy atom. The van der Waals surface area contributed by atoms with E-state index in [0.29, 0.717) is 30.4 Å². The Morgan fingerprint density at radius 3 is 2.52 bits per heavy atom. The summed E-state index contributed by atoms with van der Waals surface area (Å²) < 4.78 is 0. The number of hydrogen-bond acceptors (Lipinski definition) is 4. The Bertz CT molecular complexity index is 416. The number of amides is 1. The Kier molecular flexibility index (Phi) is 7.75. The highest BCUT2D eigenvalue weighted by molar-refractivity contribution is 5.93. The standard InChI is InChI=1S/C16H27N3O2/c1-4-9-17-16(21)13-7-8-15(18-10-13)19-11-14(20)12(5-2)6-3/h7-8,10,12,14,20H,4-6,9,11H2,1-3H3,(H,17,21)(H,18,19). The summed E-state index contributed by atoms with van der Waals surface area (Å²) in [6.45, 7) is 7.32. The molecule has 1 aromatic rings. The first-order valence-electron chi connectivity index (χ1n) is 7.78. The third-order valence-corrected chi connectivity index (χ3v) is 3.65. The molecule has 21 heavy (non-hydrogen) atoms. The maximum absolute atomic E-state index is 11.7. The van der Waals surface area contributed by atoms with Gasteiger partial charge in [0.25, 0.3) is 5.91 Å². The lowest BCUT2D eigenvalue weighted by Crippen LogP contribution is -2.28. The quantitative estimate of drug-likeness (QED) is 0.654. The Hall–Kier alpha value is -1.62. The molecule has 0 aliphatic carbocycles. The van der Waals surface area contributed by atoms with Crippen LogP contribution in [-0.4, -0.2) is 35.2 Å². The van der Waals surface area contributed by atoms with Crippen molar-refractivity contribution in [3.05, 3.63) is 23.9 Å². The third kappa shape index (κ3) is 5.71. The highest BCUT2D eigenvalue weighted by Gasteiger charge is 2.15. The van der Waals surface area contributed by atoms with E-state index in [4.69, 9.17) is 0 Å². The normalized spacial score (nSPS) is 12.2. The number of pyridine rings is 1. The zero-order valence-corrected chi connectivity index (χ0v) is 13.2. The van der Waals surface area contributed by atoms with E-state index in [1.807, 2.05) is 6.92 Å². The fourth-order valence-electron chi connectivity index (χ4n) is 2.18. The number of aliphatic hydroxyl groups is 1. The highest BCUT2D eigenvalue weighted by Crippen LogP contribution is 2.14. The van der Waals surface area contributed by atoms with Crippen LogP contribution in [0.1, 0.15) is 50.4 Å². The number of hydrogen-bond donors (Lipinski definition) is 3. The van der Waals surface area contributed by atoms with Crippen molar-refractivity contribution in [2.75, 3.05) is 18.4 Å². The van der Waals surface area contributed by atoms with Crippen molar-refractivity contribution in [1.82, 2.24) is 10.3 Å². The number of anilines is 1. The first kappa shape index (κ1) is 17.4. The lowest BCUT2D eigenvalue weighted by atomic mass is 9.96. The van der Waals surface area contributed by atoms with Gasteiger partial charge >= 0.3 is 0 Å². The van der Waals surface area contributed by atoms with Crippen LogP contribution in [0.2, 0.25) is 0 Å². The van der Waals surface area contributed by atoms with Crippen molar-refractivity contribution in [3.63, 3.8) is 0 Å². The average molecular weight is 293 g/mol. The van der Waals surface area contributed by atoms with Crippen LogP contribution in [0.15, 0.2) is 18.3 Å². The van der Waals surface area contributed by atoms with Crippen molar-refractivity contribution < 1.29 is 9.90 Å². The number of carbonyl (C=O) groups excluding carboxylic acids is 1. The number of carbonyl (C=O) groups is 1. The number of aliphatic hydroxyl groups excluding tert-OH is 1. The van der Waals surface area contributed by atoms with Gasteiger partial charge in [0.2, 0.25) is 0 Å². The topological polar surface area (TPSA) is 74.2 Å². The van der Waals surface area contributed by atoms with Gasteiger partial charge in [-0.25, -0.2) is 4.98 Å². The molecule has 0 saturated carbocycles. The molecule has 1 aromatic heterocycles. The van der Waals surface area contributed by atoms with E-state index in [1.54, 1.807) is 18.3 Å².